The van der Waals surface area contributed by atoms with Gasteiger partial charge in [0.2, 0.25) is 0 Å². The summed E-state index contributed by atoms with van der Waals surface area (Å²) >= 11 is 0. The number of nitrogens with zero attached hydrogens (tertiary/aromatic N) is 1. The number of aliphatic carboxylic acids is 1. The normalized spacial score (nSPS) is 23.4. The summed E-state index contributed by atoms with van der Waals surface area (Å²) in [4.78, 5) is 25.0. The molecule has 1 aliphatic carbocycles. The second kappa shape index (κ2) is 6.46. The maximum atomic E-state index is 12.1. The van der Waals surface area contributed by atoms with E-state index in [1.165, 1.54) is 32.1 Å². The largest absolute Gasteiger partial charge is 0.481 e. The van der Waals surface area contributed by atoms with Gasteiger partial charge in [-0.15, -0.1) is 0 Å². The van der Waals surface area contributed by atoms with Crippen LogP contribution in [0.3, 0.4) is 0 Å². The van der Waals surface area contributed by atoms with Crippen molar-refractivity contribution in [1.82, 2.24) is 10.2 Å². The van der Waals surface area contributed by atoms with Crippen LogP contribution in [0.4, 0.5) is 4.79 Å². The van der Waals surface area contributed by atoms with Crippen LogP contribution >= 0.6 is 0 Å². The van der Waals surface area contributed by atoms with Crippen molar-refractivity contribution < 1.29 is 14.7 Å². The number of piperidine rings is 1. The van der Waals surface area contributed by atoms with E-state index in [4.69, 9.17) is 0 Å². The van der Waals surface area contributed by atoms with E-state index in [0.717, 1.165) is 6.54 Å². The summed E-state index contributed by atoms with van der Waals surface area (Å²) in [7, 11) is 0. The van der Waals surface area contributed by atoms with Crippen LogP contribution in [0.2, 0.25) is 0 Å². The number of amides is 2. The zero-order chi connectivity index (χ0) is 14.6. The summed E-state index contributed by atoms with van der Waals surface area (Å²) in [6.07, 6.45) is 7.40. The van der Waals surface area contributed by atoms with Crippen molar-refractivity contribution in [2.24, 2.45) is 11.3 Å². The van der Waals surface area contributed by atoms with Crippen molar-refractivity contribution in [1.29, 1.82) is 0 Å². The fraction of sp³-hybridized carbons (Fsp3) is 0.867. The Morgan fingerprint density at radius 3 is 2.35 bits per heavy atom. The molecule has 0 unspecified atom stereocenters. The molecule has 2 rings (SSSR count). The molecule has 1 aliphatic heterocycles. The molecule has 2 N–H and O–H groups in total. The monoisotopic (exact) mass is 282 g/mol. The predicted molar refractivity (Wildman–Crippen MR) is 76.5 cm³/mol. The number of carboxylic acids is 1. The predicted octanol–water partition coefficient (Wildman–Crippen LogP) is 2.46. The lowest BCUT2D eigenvalue weighted by Crippen LogP contribution is -2.49. The van der Waals surface area contributed by atoms with Gasteiger partial charge < -0.3 is 15.3 Å². The Balaban J connectivity index is 1.73. The van der Waals surface area contributed by atoms with Gasteiger partial charge in [0.15, 0.2) is 0 Å². The highest BCUT2D eigenvalue weighted by molar-refractivity contribution is 5.76. The molecule has 0 atom stereocenters. The molecular formula is C15H26N2O3. The Hall–Kier alpha value is -1.26. The molecular weight excluding hydrogens is 256 g/mol. The highest BCUT2D eigenvalue weighted by atomic mass is 16.4. The Morgan fingerprint density at radius 2 is 1.80 bits per heavy atom. The summed E-state index contributed by atoms with van der Waals surface area (Å²) in [6.45, 7) is 3.62. The van der Waals surface area contributed by atoms with E-state index in [0.29, 0.717) is 31.8 Å². The topological polar surface area (TPSA) is 69.6 Å². The van der Waals surface area contributed by atoms with Crippen molar-refractivity contribution in [3.63, 3.8) is 0 Å². The van der Waals surface area contributed by atoms with Gasteiger partial charge in [-0.05, 0) is 38.5 Å². The van der Waals surface area contributed by atoms with Crippen LogP contribution in [0.15, 0.2) is 0 Å². The highest BCUT2D eigenvalue weighted by Crippen LogP contribution is 2.31. The lowest BCUT2D eigenvalue weighted by atomic mass is 9.80. The number of hydrogen-bond acceptors (Lipinski definition) is 2. The molecule has 0 aromatic heterocycles. The van der Waals surface area contributed by atoms with Crippen molar-refractivity contribution in [2.45, 2.75) is 51.9 Å². The van der Waals surface area contributed by atoms with Gasteiger partial charge in [0, 0.05) is 19.6 Å². The van der Waals surface area contributed by atoms with Crippen LogP contribution in [-0.4, -0.2) is 41.6 Å². The molecule has 2 amide bonds. The zero-order valence-corrected chi connectivity index (χ0v) is 12.4. The van der Waals surface area contributed by atoms with Gasteiger partial charge in [0.25, 0.3) is 0 Å². The molecule has 114 valence electrons. The average molecular weight is 282 g/mol. The van der Waals surface area contributed by atoms with Gasteiger partial charge in [-0.2, -0.15) is 0 Å². The molecule has 5 heteroatoms. The molecule has 0 bridgehead atoms. The summed E-state index contributed by atoms with van der Waals surface area (Å²) in [5.41, 5.74) is -0.667. The Kier molecular flexibility index (Phi) is 4.89. The van der Waals surface area contributed by atoms with Gasteiger partial charge in [0.05, 0.1) is 5.41 Å². The Bertz CT molecular complexity index is 356. The number of urea groups is 1. The van der Waals surface area contributed by atoms with E-state index in [1.54, 1.807) is 11.8 Å². The fourth-order valence-corrected chi connectivity index (χ4v) is 3.15. The maximum Gasteiger partial charge on any atom is 0.317 e. The number of hydrogen-bond donors (Lipinski definition) is 2. The van der Waals surface area contributed by atoms with E-state index < -0.39 is 11.4 Å². The van der Waals surface area contributed by atoms with E-state index in [9.17, 15) is 14.7 Å². The number of carbonyl (C=O) groups is 2. The van der Waals surface area contributed by atoms with E-state index >= 15 is 0 Å². The molecule has 2 aliphatic rings. The van der Waals surface area contributed by atoms with E-state index in [-0.39, 0.29) is 6.03 Å². The van der Waals surface area contributed by atoms with Crippen LogP contribution < -0.4 is 5.32 Å². The molecule has 0 radical (unpaired) electrons. The van der Waals surface area contributed by atoms with E-state index in [1.807, 2.05) is 0 Å². The molecule has 1 heterocycles. The lowest BCUT2D eigenvalue weighted by Gasteiger charge is -2.36. The standard InChI is InChI=1S/C15H26N2O3/c1-15(13(18)19)7-9-17(10-8-15)14(20)16-11-12-5-3-2-4-6-12/h12H,2-11H2,1H3,(H,16,20)(H,18,19). The van der Waals surface area contributed by atoms with Crippen molar-refractivity contribution >= 4 is 12.0 Å². The van der Waals surface area contributed by atoms with Gasteiger partial charge in [-0.3, -0.25) is 4.79 Å². The number of rotatable bonds is 3. The van der Waals surface area contributed by atoms with Crippen LogP contribution in [0.1, 0.15) is 51.9 Å². The molecule has 1 saturated carbocycles. The number of carboxylic acid groups (broad SMARTS) is 1. The third-order valence-corrected chi connectivity index (χ3v) is 4.94. The van der Waals surface area contributed by atoms with Crippen LogP contribution in [0, 0.1) is 11.3 Å². The molecule has 20 heavy (non-hydrogen) atoms. The Labute approximate surface area is 120 Å². The van der Waals surface area contributed by atoms with Gasteiger partial charge in [-0.25, -0.2) is 4.79 Å². The summed E-state index contributed by atoms with van der Waals surface area (Å²) in [5.74, 6) is -0.124. The first-order valence-electron chi connectivity index (χ1n) is 7.77. The molecule has 5 nitrogen and oxygen atoms in total. The molecule has 0 aromatic rings. The first kappa shape index (κ1) is 15.1. The lowest BCUT2D eigenvalue weighted by molar-refractivity contribution is -0.150. The number of likely N-dealkylation sites (tertiary alicyclic amines) is 1. The minimum Gasteiger partial charge on any atom is -0.481 e. The highest BCUT2D eigenvalue weighted by Gasteiger charge is 2.38. The van der Waals surface area contributed by atoms with Crippen LogP contribution in [0.5, 0.6) is 0 Å². The second-order valence-electron chi connectivity index (χ2n) is 6.54. The second-order valence-corrected chi connectivity index (χ2v) is 6.54. The summed E-state index contributed by atoms with van der Waals surface area (Å²) in [5, 5.41) is 12.2. The molecule has 0 aromatic carbocycles. The van der Waals surface area contributed by atoms with Crippen molar-refractivity contribution in [3.8, 4) is 0 Å². The van der Waals surface area contributed by atoms with Gasteiger partial charge in [-0.1, -0.05) is 19.3 Å². The fourth-order valence-electron chi connectivity index (χ4n) is 3.15. The molecule has 0 spiro atoms. The first-order valence-corrected chi connectivity index (χ1v) is 7.77. The SMILES string of the molecule is CC1(C(=O)O)CCN(C(=O)NCC2CCCCC2)CC1. The molecule has 2 fully saturated rings. The van der Waals surface area contributed by atoms with Crippen molar-refractivity contribution in [3.05, 3.63) is 0 Å². The summed E-state index contributed by atoms with van der Waals surface area (Å²) in [6, 6.07) is -0.0250. The molecule has 1 saturated heterocycles. The number of nitrogens with one attached hydrogen (secondary N) is 1. The van der Waals surface area contributed by atoms with Gasteiger partial charge >= 0.3 is 12.0 Å². The first-order chi connectivity index (χ1) is 9.51. The van der Waals surface area contributed by atoms with Crippen LogP contribution in [0.25, 0.3) is 0 Å². The average Bonchev–Trinajstić information content (AvgIpc) is 2.46. The zero-order valence-electron chi connectivity index (χ0n) is 12.4. The van der Waals surface area contributed by atoms with Crippen LogP contribution in [-0.2, 0) is 4.79 Å². The smallest absolute Gasteiger partial charge is 0.317 e. The van der Waals surface area contributed by atoms with Gasteiger partial charge in [0.1, 0.15) is 0 Å². The minimum absolute atomic E-state index is 0.0250. The minimum atomic E-state index is -0.750. The maximum absolute atomic E-state index is 12.1. The third kappa shape index (κ3) is 3.64. The quantitative estimate of drug-likeness (QED) is 0.835. The van der Waals surface area contributed by atoms with Crippen molar-refractivity contribution in [2.75, 3.05) is 19.6 Å². The van der Waals surface area contributed by atoms with E-state index in [2.05, 4.69) is 5.32 Å². The summed E-state index contributed by atoms with van der Waals surface area (Å²) < 4.78 is 0. The Morgan fingerprint density at radius 1 is 1.20 bits per heavy atom. The number of carbonyl (C=O) groups excluding carboxylic acids is 1. The third-order valence-electron chi connectivity index (χ3n) is 4.94.